The average molecular weight is 370 g/mol. The maximum atomic E-state index is 12.1. The third-order valence-electron chi connectivity index (χ3n) is 4.08. The van der Waals surface area contributed by atoms with Crippen molar-refractivity contribution in [3.63, 3.8) is 0 Å². The van der Waals surface area contributed by atoms with Gasteiger partial charge in [0.2, 0.25) is 5.91 Å². The minimum atomic E-state index is 0.307. The monoisotopic (exact) mass is 369 g/mol. The molecule has 122 valence electrons. The molecule has 0 saturated carbocycles. The Morgan fingerprint density at radius 1 is 1.36 bits per heavy atom. The Labute approximate surface area is 141 Å². The Kier molecular flexibility index (Phi) is 6.26. The molecule has 4 nitrogen and oxygen atoms in total. The Morgan fingerprint density at radius 2 is 2.05 bits per heavy atom. The summed E-state index contributed by atoms with van der Waals surface area (Å²) in [5, 5.41) is 0. The smallest absolute Gasteiger partial charge is 0.223 e. The van der Waals surface area contributed by atoms with Gasteiger partial charge in [0.1, 0.15) is 12.3 Å². The first-order valence-electron chi connectivity index (χ1n) is 7.93. The molecule has 0 aromatic heterocycles. The van der Waals surface area contributed by atoms with Gasteiger partial charge in [0.05, 0.1) is 37.8 Å². The van der Waals surface area contributed by atoms with Gasteiger partial charge in [0.15, 0.2) is 0 Å². The molecule has 1 aliphatic heterocycles. The Morgan fingerprint density at radius 3 is 2.59 bits per heavy atom. The Hall–Kier alpha value is -1.07. The van der Waals surface area contributed by atoms with Gasteiger partial charge < -0.3 is 14.5 Å². The number of nitrogens with zero attached hydrogens (tertiary/aromatic N) is 1. The van der Waals surface area contributed by atoms with E-state index in [0.29, 0.717) is 18.2 Å². The Bertz CT molecular complexity index is 511. The van der Waals surface area contributed by atoms with Gasteiger partial charge in [-0.3, -0.25) is 4.79 Å². The number of methoxy groups -OCH3 is 1. The highest BCUT2D eigenvalue weighted by molar-refractivity contribution is 9.10. The number of carbonyl (C=O) groups excluding carboxylic acids is 1. The summed E-state index contributed by atoms with van der Waals surface area (Å²) < 4.78 is 6.26. The fourth-order valence-electron chi connectivity index (χ4n) is 2.84. The van der Waals surface area contributed by atoms with Crippen LogP contribution in [0.5, 0.6) is 5.75 Å². The van der Waals surface area contributed by atoms with Crippen LogP contribution in [0.25, 0.3) is 0 Å². The SMILES string of the molecule is COc1ccc(C[NH+]2CCN(C(=O)CC(C)C)CC2)cc1Br. The van der Waals surface area contributed by atoms with Crippen LogP contribution in [0, 0.1) is 5.92 Å². The summed E-state index contributed by atoms with van der Waals surface area (Å²) in [6.45, 7) is 8.98. The average Bonchev–Trinajstić information content (AvgIpc) is 2.47. The predicted octanol–water partition coefficient (Wildman–Crippen LogP) is 1.73. The standard InChI is InChI=1S/C17H25BrN2O2/c1-13(2)10-17(21)20-8-6-19(7-9-20)12-14-4-5-16(22-3)15(18)11-14/h4-5,11,13H,6-10,12H2,1-3H3/p+1. The van der Waals surface area contributed by atoms with E-state index >= 15 is 0 Å². The van der Waals surface area contributed by atoms with Crippen LogP contribution >= 0.6 is 15.9 Å². The minimum Gasteiger partial charge on any atom is -0.496 e. The normalized spacial score (nSPS) is 16.1. The summed E-state index contributed by atoms with van der Waals surface area (Å²) in [5.74, 6) is 1.61. The maximum Gasteiger partial charge on any atom is 0.223 e. The van der Waals surface area contributed by atoms with Crippen LogP contribution in [-0.2, 0) is 11.3 Å². The summed E-state index contributed by atoms with van der Waals surface area (Å²) in [6, 6.07) is 6.25. The van der Waals surface area contributed by atoms with E-state index in [9.17, 15) is 4.79 Å². The molecule has 1 N–H and O–H groups in total. The zero-order valence-electron chi connectivity index (χ0n) is 13.7. The molecule has 0 radical (unpaired) electrons. The summed E-state index contributed by atoms with van der Waals surface area (Å²) in [6.07, 6.45) is 0.667. The van der Waals surface area contributed by atoms with Gasteiger partial charge in [0.25, 0.3) is 0 Å². The molecule has 1 saturated heterocycles. The van der Waals surface area contributed by atoms with Gasteiger partial charge in [-0.05, 0) is 40.0 Å². The number of nitrogens with one attached hydrogen (secondary N) is 1. The minimum absolute atomic E-state index is 0.307. The van der Waals surface area contributed by atoms with Crippen molar-refractivity contribution < 1.29 is 14.4 Å². The number of rotatable bonds is 5. The topological polar surface area (TPSA) is 34.0 Å². The lowest BCUT2D eigenvalue weighted by molar-refractivity contribution is -0.917. The van der Waals surface area contributed by atoms with E-state index in [1.54, 1.807) is 7.11 Å². The van der Waals surface area contributed by atoms with Crippen LogP contribution in [-0.4, -0.2) is 44.1 Å². The van der Waals surface area contributed by atoms with Crippen LogP contribution in [0.15, 0.2) is 22.7 Å². The van der Waals surface area contributed by atoms with Crippen molar-refractivity contribution in [3.8, 4) is 5.75 Å². The third-order valence-corrected chi connectivity index (χ3v) is 4.70. The fraction of sp³-hybridized carbons (Fsp3) is 0.588. The zero-order chi connectivity index (χ0) is 16.1. The number of hydrogen-bond donors (Lipinski definition) is 1. The molecule has 0 spiro atoms. The lowest BCUT2D eigenvalue weighted by atomic mass is 10.1. The highest BCUT2D eigenvalue weighted by Gasteiger charge is 2.24. The van der Waals surface area contributed by atoms with Gasteiger partial charge in [-0.1, -0.05) is 13.8 Å². The molecule has 0 atom stereocenters. The predicted molar refractivity (Wildman–Crippen MR) is 91.1 cm³/mol. The number of hydrogen-bond acceptors (Lipinski definition) is 2. The number of halogens is 1. The van der Waals surface area contributed by atoms with E-state index in [1.807, 2.05) is 11.0 Å². The second-order valence-corrected chi connectivity index (χ2v) is 7.23. The highest BCUT2D eigenvalue weighted by Crippen LogP contribution is 2.25. The first-order chi connectivity index (χ1) is 10.5. The van der Waals surface area contributed by atoms with Crippen molar-refractivity contribution in [3.05, 3.63) is 28.2 Å². The van der Waals surface area contributed by atoms with Crippen LogP contribution in [0.1, 0.15) is 25.8 Å². The van der Waals surface area contributed by atoms with Crippen molar-refractivity contribution in [2.45, 2.75) is 26.8 Å². The van der Waals surface area contributed by atoms with Crippen LogP contribution < -0.4 is 9.64 Å². The van der Waals surface area contributed by atoms with Gasteiger partial charge >= 0.3 is 0 Å². The molecule has 2 rings (SSSR count). The van der Waals surface area contributed by atoms with E-state index in [4.69, 9.17) is 4.74 Å². The van der Waals surface area contributed by atoms with Gasteiger partial charge in [-0.2, -0.15) is 0 Å². The molecule has 1 fully saturated rings. The molecular weight excluding hydrogens is 344 g/mol. The number of carbonyl (C=O) groups is 1. The molecular formula is C17H26BrN2O2+. The first kappa shape index (κ1) is 17.3. The van der Waals surface area contributed by atoms with E-state index in [0.717, 1.165) is 42.9 Å². The van der Waals surface area contributed by atoms with Crippen molar-refractivity contribution in [1.82, 2.24) is 4.90 Å². The van der Waals surface area contributed by atoms with Gasteiger partial charge in [0, 0.05) is 12.0 Å². The summed E-state index contributed by atoms with van der Waals surface area (Å²) >= 11 is 3.54. The molecule has 0 unspecified atom stereocenters. The molecule has 22 heavy (non-hydrogen) atoms. The largest absolute Gasteiger partial charge is 0.496 e. The molecule has 1 aromatic rings. The first-order valence-corrected chi connectivity index (χ1v) is 8.72. The summed E-state index contributed by atoms with van der Waals surface area (Å²) in [4.78, 5) is 15.6. The zero-order valence-corrected chi connectivity index (χ0v) is 15.3. The molecule has 1 aromatic carbocycles. The van der Waals surface area contributed by atoms with E-state index < -0.39 is 0 Å². The molecule has 0 bridgehead atoms. The second-order valence-electron chi connectivity index (χ2n) is 6.37. The number of amides is 1. The van der Waals surface area contributed by atoms with Crippen molar-refractivity contribution in [1.29, 1.82) is 0 Å². The van der Waals surface area contributed by atoms with Crippen LogP contribution in [0.3, 0.4) is 0 Å². The van der Waals surface area contributed by atoms with Crippen LogP contribution in [0.4, 0.5) is 0 Å². The molecule has 1 amide bonds. The lowest BCUT2D eigenvalue weighted by Crippen LogP contribution is -3.13. The molecule has 1 heterocycles. The van der Waals surface area contributed by atoms with Crippen molar-refractivity contribution >= 4 is 21.8 Å². The van der Waals surface area contributed by atoms with Crippen molar-refractivity contribution in [2.24, 2.45) is 5.92 Å². The number of piperazine rings is 1. The van der Waals surface area contributed by atoms with Crippen LogP contribution in [0.2, 0.25) is 0 Å². The maximum absolute atomic E-state index is 12.1. The highest BCUT2D eigenvalue weighted by atomic mass is 79.9. The molecule has 1 aliphatic rings. The van der Waals surface area contributed by atoms with E-state index in [1.165, 1.54) is 10.5 Å². The lowest BCUT2D eigenvalue weighted by Gasteiger charge is -2.32. The van der Waals surface area contributed by atoms with Gasteiger partial charge in [-0.25, -0.2) is 0 Å². The molecule has 0 aliphatic carbocycles. The number of benzene rings is 1. The van der Waals surface area contributed by atoms with E-state index in [2.05, 4.69) is 41.9 Å². The third kappa shape index (κ3) is 4.71. The summed E-state index contributed by atoms with van der Waals surface area (Å²) in [5.41, 5.74) is 1.30. The van der Waals surface area contributed by atoms with Gasteiger partial charge in [-0.15, -0.1) is 0 Å². The summed E-state index contributed by atoms with van der Waals surface area (Å²) in [7, 11) is 1.68. The second kappa shape index (κ2) is 7.97. The number of ether oxygens (including phenoxy) is 1. The van der Waals surface area contributed by atoms with E-state index in [-0.39, 0.29) is 0 Å². The number of quaternary nitrogens is 1. The Balaban J connectivity index is 1.85. The quantitative estimate of drug-likeness (QED) is 0.857. The fourth-order valence-corrected chi connectivity index (χ4v) is 3.42. The molecule has 5 heteroatoms. The van der Waals surface area contributed by atoms with Crippen molar-refractivity contribution in [2.75, 3.05) is 33.3 Å².